The molecule has 1 saturated carbocycles. The molecule has 0 amide bonds. The van der Waals surface area contributed by atoms with Gasteiger partial charge in [-0.15, -0.1) is 10.6 Å². The average Bonchev–Trinajstić information content (AvgIpc) is 3.07. The second kappa shape index (κ2) is 8.81. The van der Waals surface area contributed by atoms with Gasteiger partial charge in [-0.05, 0) is 50.3 Å². The third kappa shape index (κ3) is 5.59. The average molecular weight is 468 g/mol. The van der Waals surface area contributed by atoms with Gasteiger partial charge in [0.1, 0.15) is 11.9 Å². The summed E-state index contributed by atoms with van der Waals surface area (Å²) >= 11 is 0. The Bertz CT molecular complexity index is 983. The van der Waals surface area contributed by atoms with Gasteiger partial charge in [0.25, 0.3) is 0 Å². The van der Waals surface area contributed by atoms with E-state index in [1.54, 1.807) is 0 Å². The Hall–Kier alpha value is -2.08. The van der Waals surface area contributed by atoms with E-state index in [9.17, 15) is 30.6 Å². The third-order valence-corrected chi connectivity index (χ3v) is 6.01. The van der Waals surface area contributed by atoms with Crippen LogP contribution < -0.4 is 0 Å². The zero-order valence-electron chi connectivity index (χ0n) is 16.3. The van der Waals surface area contributed by atoms with Gasteiger partial charge in [-0.1, -0.05) is 12.1 Å². The Kier molecular flexibility index (Phi) is 6.70. The summed E-state index contributed by atoms with van der Waals surface area (Å²) in [5.74, 6) is -1.38. The number of ether oxygens (including phenoxy) is 1. The monoisotopic (exact) mass is 468 g/mol. The van der Waals surface area contributed by atoms with E-state index in [0.29, 0.717) is 5.69 Å². The Morgan fingerprint density at radius 2 is 1.81 bits per heavy atom. The number of nitrogens with one attached hydrogen (secondary N) is 2. The van der Waals surface area contributed by atoms with Crippen molar-refractivity contribution in [1.82, 2.24) is 9.97 Å². The number of aryl methyl sites for hydroxylation is 1. The Balaban J connectivity index is 1.92. The molecule has 1 aromatic heterocycles. The second-order valence-electron chi connectivity index (χ2n) is 7.48. The largest absolute Gasteiger partial charge is 0.439 e. The summed E-state index contributed by atoms with van der Waals surface area (Å²) in [4.78, 5) is 6.86. The van der Waals surface area contributed by atoms with E-state index >= 15 is 0 Å². The Labute approximate surface area is 176 Å². The number of benzene rings is 1. The number of alkyl halides is 6. The van der Waals surface area contributed by atoms with Crippen molar-refractivity contribution >= 4 is 10.6 Å². The summed E-state index contributed by atoms with van der Waals surface area (Å²) in [5, 5.41) is -0.0867. The minimum Gasteiger partial charge on any atom is -0.439 e. The van der Waals surface area contributed by atoms with Crippen LogP contribution in [0.4, 0.5) is 26.3 Å². The summed E-state index contributed by atoms with van der Waals surface area (Å²) in [6, 6.07) is 4.39. The number of aromatic amines is 1. The lowest BCUT2D eigenvalue weighted by Crippen LogP contribution is -2.31. The molecule has 5 nitrogen and oxygen atoms in total. The van der Waals surface area contributed by atoms with Gasteiger partial charge in [0.15, 0.2) is 0 Å². The normalized spacial score (nSPS) is 21.4. The molecule has 1 heterocycles. The Morgan fingerprint density at radius 3 is 2.32 bits per heavy atom. The molecule has 0 saturated heterocycles. The van der Waals surface area contributed by atoms with E-state index in [0.717, 1.165) is 12.1 Å². The van der Waals surface area contributed by atoms with Crippen molar-refractivity contribution in [3.8, 4) is 0 Å². The summed E-state index contributed by atoms with van der Waals surface area (Å²) in [5.41, 5.74) is -0.513. The number of halogens is 6. The fourth-order valence-electron chi connectivity index (χ4n) is 3.67. The molecule has 172 valence electrons. The predicted molar refractivity (Wildman–Crippen MR) is 98.5 cm³/mol. The first-order valence-corrected chi connectivity index (χ1v) is 10.6. The molecule has 1 fully saturated rings. The molecule has 31 heavy (non-hydrogen) atoms. The van der Waals surface area contributed by atoms with Crippen LogP contribution >= 0.6 is 0 Å². The smallest absolute Gasteiger partial charge is 0.416 e. The molecule has 3 rings (SSSR count). The van der Waals surface area contributed by atoms with Gasteiger partial charge in [0.2, 0.25) is 0 Å². The standard InChI is InChI=1S/C19H20F6N3O2S/c1-10-17(31(26)29)28-16(27-10)15(11-3-2-4-13(9-11)19(23,24)25)30-14-7-5-12(6-8-14)18(20,21)22/h2-4,9,12,14-15,26H,5-8H2,1H3,(H,27,28)/q-1. The highest BCUT2D eigenvalue weighted by Gasteiger charge is 2.42. The molecule has 0 bridgehead atoms. The zero-order chi connectivity index (χ0) is 23.0. The van der Waals surface area contributed by atoms with Gasteiger partial charge in [-0.2, -0.15) is 26.3 Å². The van der Waals surface area contributed by atoms with Crippen LogP contribution in [0.1, 0.15) is 54.4 Å². The van der Waals surface area contributed by atoms with E-state index in [1.165, 1.54) is 19.1 Å². The molecule has 12 heteroatoms. The van der Waals surface area contributed by atoms with Gasteiger partial charge in [0, 0.05) is 10.7 Å². The maximum Gasteiger partial charge on any atom is 0.416 e. The number of H-pyrrole nitrogens is 1. The second-order valence-corrected chi connectivity index (χ2v) is 8.40. The SMILES string of the molecule is Cc1[nH]c(C(OC2CCC(C(F)(F)F)CC2)c2cccc(C(F)(F)F)c2)nc1[S-](=N)=O. The molecular weight excluding hydrogens is 448 g/mol. The van der Waals surface area contributed by atoms with Crippen LogP contribution in [-0.2, 0) is 25.7 Å². The van der Waals surface area contributed by atoms with Crippen LogP contribution in [0, 0.1) is 17.6 Å². The van der Waals surface area contributed by atoms with Crippen molar-refractivity contribution in [3.05, 3.63) is 46.9 Å². The van der Waals surface area contributed by atoms with Gasteiger partial charge in [-0.25, -0.2) is 0 Å². The molecule has 1 atom stereocenters. The Morgan fingerprint density at radius 1 is 1.16 bits per heavy atom. The van der Waals surface area contributed by atoms with Crippen LogP contribution in [0.2, 0.25) is 0 Å². The first-order valence-electron chi connectivity index (χ1n) is 9.45. The molecule has 1 aliphatic carbocycles. The first-order chi connectivity index (χ1) is 14.4. The van der Waals surface area contributed by atoms with E-state index in [-0.39, 0.29) is 42.1 Å². The number of aromatic nitrogens is 2. The lowest BCUT2D eigenvalue weighted by atomic mass is 9.87. The predicted octanol–water partition coefficient (Wildman–Crippen LogP) is 6.05. The maximum atomic E-state index is 13.2. The number of imidazole rings is 1. The molecular formula is C19H20F6N3O2S-. The molecule has 1 aromatic carbocycles. The quantitative estimate of drug-likeness (QED) is 0.414. The molecule has 2 N–H and O–H groups in total. The minimum atomic E-state index is -4.60. The fraction of sp³-hybridized carbons (Fsp3) is 0.526. The molecule has 0 radical (unpaired) electrons. The summed E-state index contributed by atoms with van der Waals surface area (Å²) in [6.45, 7) is 1.51. The van der Waals surface area contributed by atoms with Crippen LogP contribution in [-0.4, -0.2) is 22.2 Å². The third-order valence-electron chi connectivity index (χ3n) is 5.26. The summed E-state index contributed by atoms with van der Waals surface area (Å²) < 4.78 is 103. The van der Waals surface area contributed by atoms with Crippen LogP contribution in [0.25, 0.3) is 0 Å². The van der Waals surface area contributed by atoms with Gasteiger partial charge in [-0.3, -0.25) is 4.98 Å². The van der Waals surface area contributed by atoms with Gasteiger partial charge in [0.05, 0.1) is 17.6 Å². The summed E-state index contributed by atoms with van der Waals surface area (Å²) in [6.07, 6.45) is -10.7. The number of rotatable bonds is 5. The number of hydrogen-bond donors (Lipinski definition) is 2. The zero-order valence-corrected chi connectivity index (χ0v) is 17.1. The fourth-order valence-corrected chi connectivity index (χ4v) is 4.18. The molecule has 0 aliphatic heterocycles. The topological polar surface area (TPSA) is 78.8 Å². The highest BCUT2D eigenvalue weighted by atomic mass is 32.2. The van der Waals surface area contributed by atoms with Crippen molar-refractivity contribution in [3.63, 3.8) is 0 Å². The lowest BCUT2D eigenvalue weighted by Gasteiger charge is -2.32. The van der Waals surface area contributed by atoms with Crippen LogP contribution in [0.3, 0.4) is 0 Å². The number of nitrogens with zero attached hydrogens (tertiary/aromatic N) is 1. The van der Waals surface area contributed by atoms with Crippen LogP contribution in [0.15, 0.2) is 29.3 Å². The van der Waals surface area contributed by atoms with Crippen molar-refractivity contribution in [2.45, 2.75) is 62.2 Å². The van der Waals surface area contributed by atoms with E-state index in [4.69, 9.17) is 9.52 Å². The summed E-state index contributed by atoms with van der Waals surface area (Å²) in [7, 11) is -2.19. The van der Waals surface area contributed by atoms with E-state index in [2.05, 4.69) is 9.97 Å². The van der Waals surface area contributed by atoms with Crippen molar-refractivity contribution in [2.75, 3.05) is 0 Å². The molecule has 2 aromatic rings. The lowest BCUT2D eigenvalue weighted by molar-refractivity contribution is -0.188. The van der Waals surface area contributed by atoms with E-state index < -0.39 is 46.6 Å². The molecule has 1 aliphatic rings. The number of hydrogen-bond acceptors (Lipinski definition) is 5. The highest BCUT2D eigenvalue weighted by molar-refractivity contribution is 7.73. The van der Waals surface area contributed by atoms with Gasteiger partial charge < -0.3 is 18.7 Å². The minimum absolute atomic E-state index is 0.0466. The van der Waals surface area contributed by atoms with Crippen molar-refractivity contribution in [2.24, 2.45) is 5.92 Å². The van der Waals surface area contributed by atoms with Crippen molar-refractivity contribution < 1.29 is 35.3 Å². The van der Waals surface area contributed by atoms with Gasteiger partial charge >= 0.3 is 12.4 Å². The first kappa shape index (κ1) is 23.6. The molecule has 1 unspecified atom stereocenters. The van der Waals surface area contributed by atoms with Crippen molar-refractivity contribution in [1.29, 1.82) is 4.78 Å². The maximum absolute atomic E-state index is 13.2. The highest BCUT2D eigenvalue weighted by Crippen LogP contribution is 2.40. The molecule has 0 spiro atoms. The van der Waals surface area contributed by atoms with Crippen LogP contribution in [0.5, 0.6) is 0 Å². The van der Waals surface area contributed by atoms with E-state index in [1.807, 2.05) is 0 Å².